The van der Waals surface area contributed by atoms with Crippen LogP contribution in [0.25, 0.3) is 22.8 Å². The van der Waals surface area contributed by atoms with E-state index in [9.17, 15) is 9.18 Å². The topological polar surface area (TPSA) is 77.2 Å². The largest absolute Gasteiger partial charge is 0.497 e. The lowest BCUT2D eigenvalue weighted by atomic mass is 10.1. The molecule has 0 unspecified atom stereocenters. The van der Waals surface area contributed by atoms with Crippen molar-refractivity contribution in [2.75, 3.05) is 12.4 Å². The summed E-state index contributed by atoms with van der Waals surface area (Å²) in [4.78, 5) is 17.2. The minimum absolute atomic E-state index is 0.215. The van der Waals surface area contributed by atoms with Crippen LogP contribution in [0.4, 0.5) is 10.1 Å². The van der Waals surface area contributed by atoms with Gasteiger partial charge < -0.3 is 14.6 Å². The van der Waals surface area contributed by atoms with Crippen LogP contribution in [-0.4, -0.2) is 23.2 Å². The molecule has 4 rings (SSSR count). The number of anilines is 1. The fraction of sp³-hybridized carbons (Fsp3) is 0.0455. The van der Waals surface area contributed by atoms with Crippen molar-refractivity contribution in [3.63, 3.8) is 0 Å². The predicted molar refractivity (Wildman–Crippen MR) is 106 cm³/mol. The molecule has 29 heavy (non-hydrogen) atoms. The van der Waals surface area contributed by atoms with Crippen molar-refractivity contribution < 1.29 is 18.4 Å². The molecular formula is C22H16FN3O3. The zero-order chi connectivity index (χ0) is 20.2. The summed E-state index contributed by atoms with van der Waals surface area (Å²) in [6.45, 7) is 0. The first-order valence-electron chi connectivity index (χ1n) is 8.78. The van der Waals surface area contributed by atoms with Crippen LogP contribution in [0.1, 0.15) is 10.4 Å². The number of hydrogen-bond donors (Lipinski definition) is 1. The van der Waals surface area contributed by atoms with E-state index in [-0.39, 0.29) is 17.6 Å². The molecule has 4 aromatic rings. The summed E-state index contributed by atoms with van der Waals surface area (Å²) in [5.74, 6) is 0.529. The fourth-order valence-corrected chi connectivity index (χ4v) is 2.81. The molecule has 0 bridgehead atoms. The van der Waals surface area contributed by atoms with E-state index in [2.05, 4.69) is 15.5 Å². The van der Waals surface area contributed by atoms with Gasteiger partial charge in [-0.1, -0.05) is 29.4 Å². The Bertz CT molecular complexity index is 1160. The van der Waals surface area contributed by atoms with Gasteiger partial charge in [0, 0.05) is 11.3 Å². The van der Waals surface area contributed by atoms with Crippen LogP contribution in [0.3, 0.4) is 0 Å². The van der Waals surface area contributed by atoms with Gasteiger partial charge in [-0.2, -0.15) is 4.98 Å². The maximum Gasteiger partial charge on any atom is 0.259 e. The minimum atomic E-state index is -0.376. The number of nitrogens with one attached hydrogen (secondary N) is 1. The van der Waals surface area contributed by atoms with Crippen molar-refractivity contribution in [2.45, 2.75) is 0 Å². The maximum absolute atomic E-state index is 13.1. The minimum Gasteiger partial charge on any atom is -0.497 e. The molecule has 0 fully saturated rings. The third-order valence-corrected chi connectivity index (χ3v) is 4.26. The van der Waals surface area contributed by atoms with Crippen LogP contribution < -0.4 is 10.1 Å². The number of halogens is 1. The lowest BCUT2D eigenvalue weighted by Crippen LogP contribution is -2.13. The molecule has 1 amide bonds. The smallest absolute Gasteiger partial charge is 0.259 e. The number of benzene rings is 3. The zero-order valence-electron chi connectivity index (χ0n) is 15.4. The highest BCUT2D eigenvalue weighted by Gasteiger charge is 2.18. The molecule has 1 aromatic heterocycles. The van der Waals surface area contributed by atoms with Gasteiger partial charge in [0.25, 0.3) is 11.8 Å². The van der Waals surface area contributed by atoms with Gasteiger partial charge in [-0.05, 0) is 48.5 Å². The number of aromatic nitrogens is 2. The second kappa shape index (κ2) is 7.93. The quantitative estimate of drug-likeness (QED) is 0.530. The number of carbonyl (C=O) groups is 1. The Morgan fingerprint density at radius 2 is 1.83 bits per heavy atom. The molecule has 6 nitrogen and oxygen atoms in total. The summed E-state index contributed by atoms with van der Waals surface area (Å²) in [6, 6.07) is 19.7. The molecular weight excluding hydrogens is 373 g/mol. The summed E-state index contributed by atoms with van der Waals surface area (Å²) in [6.07, 6.45) is 0. The number of amides is 1. The van der Waals surface area contributed by atoms with Gasteiger partial charge in [-0.3, -0.25) is 4.79 Å². The Balaban J connectivity index is 1.64. The Labute approximate surface area is 166 Å². The van der Waals surface area contributed by atoms with Crippen LogP contribution in [-0.2, 0) is 0 Å². The zero-order valence-corrected chi connectivity index (χ0v) is 15.4. The Kier molecular flexibility index (Phi) is 5.03. The number of hydrogen-bond acceptors (Lipinski definition) is 5. The Morgan fingerprint density at radius 1 is 1.03 bits per heavy atom. The summed E-state index contributed by atoms with van der Waals surface area (Å²) < 4.78 is 23.7. The van der Waals surface area contributed by atoms with Gasteiger partial charge in [0.05, 0.1) is 18.2 Å². The van der Waals surface area contributed by atoms with Crippen molar-refractivity contribution in [3.8, 4) is 28.6 Å². The van der Waals surface area contributed by atoms with Gasteiger partial charge >= 0.3 is 0 Å². The van der Waals surface area contributed by atoms with Crippen molar-refractivity contribution in [3.05, 3.63) is 84.2 Å². The standard InChI is InChI=1S/C22H16FN3O3/c1-28-17-6-4-5-14(13-17)20-25-22(29-26-20)19-8-3-2-7-18(19)21(27)24-16-11-9-15(23)10-12-16/h2-13H,1H3,(H,24,27). The number of methoxy groups -OCH3 is 1. The van der Waals surface area contributed by atoms with Gasteiger partial charge in [-0.15, -0.1) is 0 Å². The van der Waals surface area contributed by atoms with Crippen molar-refractivity contribution in [2.24, 2.45) is 0 Å². The van der Waals surface area contributed by atoms with E-state index >= 15 is 0 Å². The van der Waals surface area contributed by atoms with Crippen LogP contribution >= 0.6 is 0 Å². The molecule has 0 aliphatic rings. The highest BCUT2D eigenvalue weighted by Crippen LogP contribution is 2.27. The first kappa shape index (κ1) is 18.4. The van der Waals surface area contributed by atoms with Gasteiger partial charge in [0.1, 0.15) is 11.6 Å². The monoisotopic (exact) mass is 389 g/mol. The van der Waals surface area contributed by atoms with E-state index < -0.39 is 0 Å². The molecule has 1 heterocycles. The summed E-state index contributed by atoms with van der Waals surface area (Å²) in [5.41, 5.74) is 2.06. The summed E-state index contributed by atoms with van der Waals surface area (Å²) in [7, 11) is 1.58. The third kappa shape index (κ3) is 3.98. The Hall–Kier alpha value is -4.00. The van der Waals surface area contributed by atoms with Crippen molar-refractivity contribution >= 4 is 11.6 Å². The van der Waals surface area contributed by atoms with Crippen LogP contribution in [0.2, 0.25) is 0 Å². The molecule has 144 valence electrons. The summed E-state index contributed by atoms with van der Waals surface area (Å²) in [5, 5.41) is 6.75. The fourth-order valence-electron chi connectivity index (χ4n) is 2.81. The molecule has 0 aliphatic heterocycles. The first-order chi connectivity index (χ1) is 14.1. The number of ether oxygens (including phenoxy) is 1. The number of carbonyl (C=O) groups excluding carboxylic acids is 1. The molecule has 0 radical (unpaired) electrons. The normalized spacial score (nSPS) is 10.6. The summed E-state index contributed by atoms with van der Waals surface area (Å²) >= 11 is 0. The lowest BCUT2D eigenvalue weighted by Gasteiger charge is -2.07. The number of nitrogens with zero attached hydrogens (tertiary/aromatic N) is 2. The average molecular weight is 389 g/mol. The first-order valence-corrected chi connectivity index (χ1v) is 8.78. The molecule has 0 saturated heterocycles. The molecule has 0 atom stereocenters. The van der Waals surface area contributed by atoms with Gasteiger partial charge in [0.15, 0.2) is 0 Å². The number of rotatable bonds is 5. The second-order valence-electron chi connectivity index (χ2n) is 6.16. The van der Waals surface area contributed by atoms with Crippen LogP contribution in [0.15, 0.2) is 77.3 Å². The molecule has 0 saturated carbocycles. The highest BCUT2D eigenvalue weighted by atomic mass is 19.1. The van der Waals surface area contributed by atoms with E-state index in [1.807, 2.05) is 18.2 Å². The second-order valence-corrected chi connectivity index (χ2v) is 6.16. The van der Waals surface area contributed by atoms with E-state index in [0.717, 1.165) is 5.56 Å². The lowest BCUT2D eigenvalue weighted by molar-refractivity contribution is 0.102. The van der Waals surface area contributed by atoms with E-state index in [4.69, 9.17) is 9.26 Å². The van der Waals surface area contributed by atoms with Crippen LogP contribution in [0, 0.1) is 5.82 Å². The van der Waals surface area contributed by atoms with Gasteiger partial charge in [0.2, 0.25) is 5.82 Å². The molecule has 7 heteroatoms. The van der Waals surface area contributed by atoms with E-state index in [1.54, 1.807) is 37.4 Å². The average Bonchev–Trinajstić information content (AvgIpc) is 3.25. The molecule has 1 N–H and O–H groups in total. The SMILES string of the molecule is COc1cccc(-c2noc(-c3ccccc3C(=O)Nc3ccc(F)cc3)n2)c1. The molecule has 3 aromatic carbocycles. The maximum atomic E-state index is 13.1. The third-order valence-electron chi connectivity index (χ3n) is 4.26. The predicted octanol–water partition coefficient (Wildman–Crippen LogP) is 4.80. The van der Waals surface area contributed by atoms with Crippen molar-refractivity contribution in [1.29, 1.82) is 0 Å². The van der Waals surface area contributed by atoms with E-state index in [1.165, 1.54) is 24.3 Å². The highest BCUT2D eigenvalue weighted by molar-refractivity contribution is 6.08. The Morgan fingerprint density at radius 3 is 2.62 bits per heavy atom. The van der Waals surface area contributed by atoms with Gasteiger partial charge in [-0.25, -0.2) is 4.39 Å². The van der Waals surface area contributed by atoms with Crippen molar-refractivity contribution in [1.82, 2.24) is 10.1 Å². The molecule has 0 aliphatic carbocycles. The van der Waals surface area contributed by atoms with E-state index in [0.29, 0.717) is 28.4 Å². The molecule has 0 spiro atoms. The van der Waals surface area contributed by atoms with Crippen LogP contribution in [0.5, 0.6) is 5.75 Å².